The fraction of sp³-hybridized carbons (Fsp3) is 0.619. The molecule has 2 aromatic rings. The maximum Gasteiger partial charge on any atom is 0.311 e. The average molecular weight is 434 g/mol. The van der Waals surface area contributed by atoms with Crippen molar-refractivity contribution in [3.63, 3.8) is 0 Å². The second-order valence-electron chi connectivity index (χ2n) is 8.36. The minimum atomic E-state index is -0.921. The van der Waals surface area contributed by atoms with Crippen LogP contribution in [-0.2, 0) is 0 Å². The molecule has 1 fully saturated rings. The standard InChI is InChI=1S/C15H16N4O3S.C6H15N/c16-7-6-15(20)4-1-10(2-5-15)18-13-12(19(21)22)9-17-11-3-8-23-14(11)13;1-5(2)7-6(3)4/h3,8-10,20H,1-2,4-6H2,(H,17,18);5-7H,1-4H3. The summed E-state index contributed by atoms with van der Waals surface area (Å²) in [7, 11) is 0. The number of nitro groups is 1. The van der Waals surface area contributed by atoms with Gasteiger partial charge in [0.05, 0.1) is 33.2 Å². The van der Waals surface area contributed by atoms with Gasteiger partial charge in [-0.15, -0.1) is 11.3 Å². The highest BCUT2D eigenvalue weighted by molar-refractivity contribution is 7.17. The molecule has 0 unspecified atom stereocenters. The normalized spacial score (nSPS) is 21.2. The van der Waals surface area contributed by atoms with Crippen LogP contribution in [0.3, 0.4) is 0 Å². The van der Waals surface area contributed by atoms with E-state index in [2.05, 4.69) is 43.3 Å². The number of anilines is 1. The van der Waals surface area contributed by atoms with Crippen LogP contribution >= 0.6 is 11.3 Å². The molecule has 2 heterocycles. The number of fused-ring (bicyclic) bond motifs is 1. The minimum Gasteiger partial charge on any atom is -0.389 e. The summed E-state index contributed by atoms with van der Waals surface area (Å²) < 4.78 is 0.775. The van der Waals surface area contributed by atoms with E-state index < -0.39 is 10.5 Å². The molecule has 3 rings (SSSR count). The lowest BCUT2D eigenvalue weighted by atomic mass is 9.80. The molecule has 0 bridgehead atoms. The smallest absolute Gasteiger partial charge is 0.311 e. The van der Waals surface area contributed by atoms with Crippen molar-refractivity contribution in [2.75, 3.05) is 5.32 Å². The number of aromatic nitrogens is 1. The lowest BCUT2D eigenvalue weighted by Gasteiger charge is -2.35. The van der Waals surface area contributed by atoms with Crippen LogP contribution in [0.2, 0.25) is 0 Å². The largest absolute Gasteiger partial charge is 0.389 e. The monoisotopic (exact) mass is 433 g/mol. The van der Waals surface area contributed by atoms with E-state index in [1.165, 1.54) is 17.5 Å². The van der Waals surface area contributed by atoms with Gasteiger partial charge in [0, 0.05) is 18.1 Å². The highest BCUT2D eigenvalue weighted by Gasteiger charge is 2.34. The topological polar surface area (TPSA) is 124 Å². The molecule has 0 aromatic carbocycles. The van der Waals surface area contributed by atoms with Gasteiger partial charge in [-0.25, -0.2) is 4.98 Å². The summed E-state index contributed by atoms with van der Waals surface area (Å²) in [6, 6.07) is 5.15. The van der Waals surface area contributed by atoms with E-state index in [1.54, 1.807) is 0 Å². The van der Waals surface area contributed by atoms with Gasteiger partial charge in [0.1, 0.15) is 11.9 Å². The van der Waals surface area contributed by atoms with Crippen molar-refractivity contribution in [3.05, 3.63) is 27.8 Å². The Bertz CT molecular complexity index is 876. The van der Waals surface area contributed by atoms with Crippen LogP contribution < -0.4 is 10.6 Å². The van der Waals surface area contributed by atoms with Crippen molar-refractivity contribution in [1.82, 2.24) is 10.3 Å². The lowest BCUT2D eigenvalue weighted by molar-refractivity contribution is -0.384. The number of nitrogens with one attached hydrogen (secondary N) is 2. The Morgan fingerprint density at radius 3 is 2.50 bits per heavy atom. The maximum absolute atomic E-state index is 11.3. The van der Waals surface area contributed by atoms with Gasteiger partial charge in [0.15, 0.2) is 0 Å². The van der Waals surface area contributed by atoms with Gasteiger partial charge in [-0.1, -0.05) is 27.7 Å². The lowest BCUT2D eigenvalue weighted by Crippen LogP contribution is -2.38. The third-order valence-electron chi connectivity index (χ3n) is 4.99. The van der Waals surface area contributed by atoms with Crippen molar-refractivity contribution in [3.8, 4) is 6.07 Å². The third-order valence-corrected chi connectivity index (χ3v) is 5.91. The first-order chi connectivity index (χ1) is 14.1. The summed E-state index contributed by atoms with van der Waals surface area (Å²) >= 11 is 1.42. The second kappa shape index (κ2) is 10.7. The van der Waals surface area contributed by atoms with Crippen molar-refractivity contribution in [2.45, 2.75) is 83.5 Å². The van der Waals surface area contributed by atoms with Gasteiger partial charge in [0.25, 0.3) is 0 Å². The Hall–Kier alpha value is -2.28. The zero-order valence-electron chi connectivity index (χ0n) is 18.0. The van der Waals surface area contributed by atoms with Gasteiger partial charge >= 0.3 is 5.69 Å². The Labute approximate surface area is 181 Å². The summed E-state index contributed by atoms with van der Waals surface area (Å²) in [6.07, 6.45) is 3.79. The van der Waals surface area contributed by atoms with Gasteiger partial charge in [-0.05, 0) is 37.1 Å². The number of pyridine rings is 1. The molecule has 1 saturated carbocycles. The molecule has 1 aliphatic rings. The van der Waals surface area contributed by atoms with Gasteiger partial charge in [-0.3, -0.25) is 10.1 Å². The number of aliphatic hydroxyl groups is 1. The molecule has 0 amide bonds. The summed E-state index contributed by atoms with van der Waals surface area (Å²) in [5.41, 5.74) is 0.290. The Morgan fingerprint density at radius 1 is 1.37 bits per heavy atom. The Kier molecular flexibility index (Phi) is 8.53. The van der Waals surface area contributed by atoms with E-state index in [9.17, 15) is 15.2 Å². The van der Waals surface area contributed by atoms with E-state index in [-0.39, 0.29) is 18.2 Å². The zero-order chi connectivity index (χ0) is 22.3. The molecule has 30 heavy (non-hydrogen) atoms. The van der Waals surface area contributed by atoms with Gasteiger partial charge in [-0.2, -0.15) is 5.26 Å². The fourth-order valence-electron chi connectivity index (χ4n) is 3.67. The van der Waals surface area contributed by atoms with Crippen LogP contribution in [0, 0.1) is 21.4 Å². The van der Waals surface area contributed by atoms with Gasteiger partial charge < -0.3 is 15.7 Å². The molecule has 0 aliphatic heterocycles. The molecule has 8 nitrogen and oxygen atoms in total. The number of hydrogen-bond acceptors (Lipinski definition) is 8. The molecular formula is C21H31N5O3S. The number of thiophene rings is 1. The van der Waals surface area contributed by atoms with Crippen LogP contribution in [0.5, 0.6) is 0 Å². The Balaban J connectivity index is 0.000000396. The number of nitriles is 1. The molecule has 9 heteroatoms. The highest BCUT2D eigenvalue weighted by Crippen LogP contribution is 2.38. The van der Waals surface area contributed by atoms with Crippen LogP contribution in [-0.4, -0.2) is 38.7 Å². The van der Waals surface area contributed by atoms with Gasteiger partial charge in [0.2, 0.25) is 0 Å². The predicted octanol–water partition coefficient (Wildman–Crippen LogP) is 4.60. The van der Waals surface area contributed by atoms with Crippen molar-refractivity contribution >= 4 is 32.9 Å². The predicted molar refractivity (Wildman–Crippen MR) is 121 cm³/mol. The summed E-state index contributed by atoms with van der Waals surface area (Å²) in [5.74, 6) is 0. The minimum absolute atomic E-state index is 0.0298. The fourth-order valence-corrected chi connectivity index (χ4v) is 4.53. The summed E-state index contributed by atoms with van der Waals surface area (Å²) in [4.78, 5) is 15.0. The second-order valence-corrected chi connectivity index (χ2v) is 9.28. The van der Waals surface area contributed by atoms with E-state index in [0.717, 1.165) is 10.2 Å². The molecule has 0 saturated heterocycles. The van der Waals surface area contributed by atoms with E-state index >= 15 is 0 Å². The maximum atomic E-state index is 11.3. The zero-order valence-corrected chi connectivity index (χ0v) is 18.8. The molecule has 1 aliphatic carbocycles. The first-order valence-corrected chi connectivity index (χ1v) is 11.2. The molecular weight excluding hydrogens is 402 g/mol. The summed E-state index contributed by atoms with van der Waals surface area (Å²) in [6.45, 7) is 8.61. The summed E-state index contributed by atoms with van der Waals surface area (Å²) in [5, 5.41) is 38.8. The van der Waals surface area contributed by atoms with Crippen LogP contribution in [0.15, 0.2) is 17.6 Å². The van der Waals surface area contributed by atoms with E-state index in [1.807, 2.05) is 17.5 Å². The highest BCUT2D eigenvalue weighted by atomic mass is 32.1. The molecule has 0 radical (unpaired) electrons. The molecule has 164 valence electrons. The first-order valence-electron chi connectivity index (χ1n) is 10.3. The average Bonchev–Trinajstić information content (AvgIpc) is 3.12. The molecule has 0 spiro atoms. The molecule has 3 N–H and O–H groups in total. The van der Waals surface area contributed by atoms with E-state index in [4.69, 9.17) is 5.26 Å². The first kappa shape index (κ1) is 24.0. The number of rotatable bonds is 6. The van der Waals surface area contributed by atoms with Crippen molar-refractivity contribution < 1.29 is 10.0 Å². The SMILES string of the molecule is CC(C)NC(C)C.N#CCC1(O)CCC(Nc2c([N+](=O)[O-])cnc3ccsc23)CC1. The van der Waals surface area contributed by atoms with E-state index in [0.29, 0.717) is 43.5 Å². The van der Waals surface area contributed by atoms with Crippen LogP contribution in [0.4, 0.5) is 11.4 Å². The van der Waals surface area contributed by atoms with Crippen LogP contribution in [0.25, 0.3) is 10.2 Å². The van der Waals surface area contributed by atoms with Crippen molar-refractivity contribution in [1.29, 1.82) is 5.26 Å². The number of hydrogen-bond donors (Lipinski definition) is 3. The number of nitrogens with zero attached hydrogens (tertiary/aromatic N) is 3. The molecule has 0 atom stereocenters. The quantitative estimate of drug-likeness (QED) is 0.449. The van der Waals surface area contributed by atoms with Crippen LogP contribution in [0.1, 0.15) is 59.8 Å². The Morgan fingerprint density at radius 2 is 2.00 bits per heavy atom. The third kappa shape index (κ3) is 6.62. The van der Waals surface area contributed by atoms with Crippen molar-refractivity contribution in [2.24, 2.45) is 0 Å². The molecule has 2 aromatic heterocycles.